The summed E-state index contributed by atoms with van der Waals surface area (Å²) in [5.74, 6) is 0.415. The largest absolute Gasteiger partial charge is 0.481 e. The first kappa shape index (κ1) is 23.5. The Labute approximate surface area is 202 Å². The van der Waals surface area contributed by atoms with E-state index < -0.39 is 5.97 Å². The van der Waals surface area contributed by atoms with Crippen LogP contribution in [0.25, 0.3) is 17.4 Å². The predicted octanol–water partition coefficient (Wildman–Crippen LogP) is 4.63. The molecule has 2 aromatic rings. The minimum Gasteiger partial charge on any atom is -0.481 e. The number of hydrogen-bond acceptors (Lipinski definition) is 7. The molecule has 7 nitrogen and oxygen atoms in total. The van der Waals surface area contributed by atoms with Gasteiger partial charge >= 0.3 is 5.97 Å². The van der Waals surface area contributed by atoms with Crippen LogP contribution in [0.4, 0.5) is 5.69 Å². The number of thiocarbonyl (C=S) groups is 1. The number of aliphatic carboxylic acids is 1. The van der Waals surface area contributed by atoms with Crippen molar-refractivity contribution in [2.24, 2.45) is 0 Å². The molecule has 9 heteroatoms. The third-order valence-corrected chi connectivity index (χ3v) is 6.93. The number of carboxylic acids is 1. The second-order valence-electron chi connectivity index (χ2n) is 7.89. The lowest BCUT2D eigenvalue weighted by atomic mass is 10.1. The molecule has 33 heavy (non-hydrogen) atoms. The van der Waals surface area contributed by atoms with Gasteiger partial charge in [0, 0.05) is 43.4 Å². The van der Waals surface area contributed by atoms with E-state index in [1.165, 1.54) is 11.8 Å². The first-order valence-corrected chi connectivity index (χ1v) is 12.2. The molecule has 1 aromatic heterocycles. The number of furan rings is 1. The van der Waals surface area contributed by atoms with Crippen LogP contribution < -0.4 is 4.90 Å². The third-order valence-electron chi connectivity index (χ3n) is 5.55. The molecule has 174 valence electrons. The molecule has 2 aliphatic heterocycles. The zero-order valence-electron chi connectivity index (χ0n) is 18.2. The van der Waals surface area contributed by atoms with Gasteiger partial charge in [0.1, 0.15) is 15.8 Å². The number of benzene rings is 1. The van der Waals surface area contributed by atoms with Gasteiger partial charge < -0.3 is 19.2 Å². The van der Waals surface area contributed by atoms with Crippen LogP contribution in [0, 0.1) is 0 Å². The summed E-state index contributed by atoms with van der Waals surface area (Å²) in [5, 5.41) is 8.72. The SMILES string of the molecule is O=C(O)CCCCCN1C(=O)/C(=C/c2ccc(-c3cccc(N4CCOCC4)c3)o2)SC1=S. The molecular formula is C24H26N2O5S2. The highest BCUT2D eigenvalue weighted by Crippen LogP contribution is 2.34. The summed E-state index contributed by atoms with van der Waals surface area (Å²) in [5.41, 5.74) is 2.12. The zero-order chi connectivity index (χ0) is 23.2. The van der Waals surface area contributed by atoms with Crippen molar-refractivity contribution in [2.75, 3.05) is 37.7 Å². The lowest BCUT2D eigenvalue weighted by molar-refractivity contribution is -0.137. The lowest BCUT2D eigenvalue weighted by Crippen LogP contribution is -2.36. The van der Waals surface area contributed by atoms with E-state index >= 15 is 0 Å². The van der Waals surface area contributed by atoms with Gasteiger partial charge in [-0.1, -0.05) is 42.5 Å². The molecule has 2 fully saturated rings. The molecule has 0 bridgehead atoms. The van der Waals surface area contributed by atoms with Crippen LogP contribution >= 0.6 is 24.0 Å². The first-order chi connectivity index (χ1) is 16.0. The van der Waals surface area contributed by atoms with Crippen molar-refractivity contribution >= 4 is 51.9 Å². The van der Waals surface area contributed by atoms with Crippen LogP contribution in [0.3, 0.4) is 0 Å². The summed E-state index contributed by atoms with van der Waals surface area (Å²) in [4.78, 5) is 27.8. The van der Waals surface area contributed by atoms with Gasteiger partial charge in [0.15, 0.2) is 0 Å². The predicted molar refractivity (Wildman–Crippen MR) is 133 cm³/mol. The maximum atomic E-state index is 12.8. The number of ether oxygens (including phenoxy) is 1. The highest BCUT2D eigenvalue weighted by molar-refractivity contribution is 8.26. The van der Waals surface area contributed by atoms with Crippen LogP contribution in [0.1, 0.15) is 31.4 Å². The number of carboxylic acid groups (broad SMARTS) is 1. The number of anilines is 1. The molecule has 2 saturated heterocycles. The summed E-state index contributed by atoms with van der Waals surface area (Å²) in [6.07, 6.45) is 3.94. The molecule has 0 radical (unpaired) electrons. The van der Waals surface area contributed by atoms with Crippen molar-refractivity contribution < 1.29 is 23.8 Å². The van der Waals surface area contributed by atoms with Gasteiger partial charge in [-0.2, -0.15) is 0 Å². The number of carbonyl (C=O) groups is 2. The minimum atomic E-state index is -0.797. The Morgan fingerprint density at radius 2 is 1.97 bits per heavy atom. The molecule has 4 rings (SSSR count). The van der Waals surface area contributed by atoms with E-state index in [0.717, 1.165) is 56.2 Å². The van der Waals surface area contributed by atoms with Crippen LogP contribution in [0.2, 0.25) is 0 Å². The molecule has 1 amide bonds. The number of thioether (sulfide) groups is 1. The molecule has 3 heterocycles. The maximum absolute atomic E-state index is 12.8. The average Bonchev–Trinajstić information content (AvgIpc) is 3.39. The second kappa shape index (κ2) is 11.0. The molecule has 2 aliphatic rings. The van der Waals surface area contributed by atoms with Gasteiger partial charge in [-0.15, -0.1) is 0 Å². The topological polar surface area (TPSA) is 83.2 Å². The summed E-state index contributed by atoms with van der Waals surface area (Å²) < 4.78 is 12.0. The van der Waals surface area contributed by atoms with E-state index in [1.807, 2.05) is 24.3 Å². The Bertz CT molecular complexity index is 1060. The number of hydrogen-bond donors (Lipinski definition) is 1. The fraction of sp³-hybridized carbons (Fsp3) is 0.375. The standard InChI is InChI=1S/C24H26N2O5S2/c27-22(28)7-2-1-3-10-26-23(29)21(33-24(26)32)16-19-8-9-20(31-19)17-5-4-6-18(15-17)25-11-13-30-14-12-25/h4-6,8-9,15-16H,1-3,7,10-14H2,(H,27,28)/b21-16-. The average molecular weight is 487 g/mol. The number of unbranched alkanes of at least 4 members (excludes halogenated alkanes) is 2. The quantitative estimate of drug-likeness (QED) is 0.312. The van der Waals surface area contributed by atoms with Gasteiger partial charge in [0.05, 0.1) is 18.1 Å². The molecule has 1 N–H and O–H groups in total. The molecule has 1 aromatic carbocycles. The smallest absolute Gasteiger partial charge is 0.303 e. The Morgan fingerprint density at radius 3 is 2.76 bits per heavy atom. The fourth-order valence-corrected chi connectivity index (χ4v) is 5.10. The normalized spacial score (nSPS) is 17.9. The van der Waals surface area contributed by atoms with Crippen molar-refractivity contribution in [1.29, 1.82) is 0 Å². The number of nitrogens with zero attached hydrogens (tertiary/aromatic N) is 2. The number of morpholine rings is 1. The van der Waals surface area contributed by atoms with Gasteiger partial charge in [0.2, 0.25) is 0 Å². The lowest BCUT2D eigenvalue weighted by Gasteiger charge is -2.29. The summed E-state index contributed by atoms with van der Waals surface area (Å²) in [7, 11) is 0. The van der Waals surface area contributed by atoms with E-state index in [1.54, 1.807) is 11.0 Å². The van der Waals surface area contributed by atoms with E-state index in [-0.39, 0.29) is 12.3 Å². The van der Waals surface area contributed by atoms with Crippen molar-refractivity contribution in [3.63, 3.8) is 0 Å². The fourth-order valence-electron chi connectivity index (χ4n) is 3.81. The summed E-state index contributed by atoms with van der Waals surface area (Å²) >= 11 is 6.65. The maximum Gasteiger partial charge on any atom is 0.303 e. The van der Waals surface area contributed by atoms with Crippen molar-refractivity contribution in [3.8, 4) is 11.3 Å². The first-order valence-electron chi connectivity index (χ1n) is 11.0. The van der Waals surface area contributed by atoms with Gasteiger partial charge in [0.25, 0.3) is 5.91 Å². The molecule has 0 atom stereocenters. The minimum absolute atomic E-state index is 0.129. The van der Waals surface area contributed by atoms with E-state index in [9.17, 15) is 9.59 Å². The summed E-state index contributed by atoms with van der Waals surface area (Å²) in [6, 6.07) is 12.0. The second-order valence-corrected chi connectivity index (χ2v) is 9.57. The monoisotopic (exact) mass is 486 g/mol. The Morgan fingerprint density at radius 1 is 1.15 bits per heavy atom. The number of rotatable bonds is 9. The molecule has 0 spiro atoms. The molecule has 0 saturated carbocycles. The zero-order valence-corrected chi connectivity index (χ0v) is 19.8. The van der Waals surface area contributed by atoms with E-state index in [0.29, 0.717) is 28.0 Å². The van der Waals surface area contributed by atoms with Crippen LogP contribution in [-0.4, -0.2) is 59.1 Å². The van der Waals surface area contributed by atoms with E-state index in [4.69, 9.17) is 26.5 Å². The summed E-state index contributed by atoms with van der Waals surface area (Å²) in [6.45, 7) is 3.70. The highest BCUT2D eigenvalue weighted by atomic mass is 32.2. The van der Waals surface area contributed by atoms with Crippen LogP contribution in [-0.2, 0) is 14.3 Å². The molecular weight excluding hydrogens is 460 g/mol. The number of amides is 1. The highest BCUT2D eigenvalue weighted by Gasteiger charge is 2.31. The Balaban J connectivity index is 1.39. The van der Waals surface area contributed by atoms with Gasteiger partial charge in [-0.05, 0) is 37.1 Å². The van der Waals surface area contributed by atoms with Crippen molar-refractivity contribution in [3.05, 3.63) is 47.1 Å². The Kier molecular flexibility index (Phi) is 7.85. The third kappa shape index (κ3) is 6.04. The van der Waals surface area contributed by atoms with Crippen LogP contribution in [0.15, 0.2) is 45.7 Å². The van der Waals surface area contributed by atoms with Crippen molar-refractivity contribution in [1.82, 2.24) is 4.90 Å². The van der Waals surface area contributed by atoms with Crippen LogP contribution in [0.5, 0.6) is 0 Å². The molecule has 0 aliphatic carbocycles. The van der Waals surface area contributed by atoms with Crippen molar-refractivity contribution in [2.45, 2.75) is 25.7 Å². The van der Waals surface area contributed by atoms with E-state index in [2.05, 4.69) is 17.0 Å². The molecule has 0 unspecified atom stereocenters. The van der Waals surface area contributed by atoms with Gasteiger partial charge in [-0.3, -0.25) is 14.5 Å². The number of carbonyl (C=O) groups excluding carboxylic acids is 1. The van der Waals surface area contributed by atoms with Gasteiger partial charge in [-0.25, -0.2) is 0 Å². The Hall–Kier alpha value is -2.62.